The molecule has 0 spiro atoms. The molecule has 0 unspecified atom stereocenters. The first-order valence-corrected chi connectivity index (χ1v) is 7.24. The molecular formula is C14H17BrN2O. The van der Waals surface area contributed by atoms with Crippen LogP contribution in [0.3, 0.4) is 0 Å². The number of halogens is 1. The Labute approximate surface area is 116 Å². The van der Waals surface area contributed by atoms with E-state index in [-0.39, 0.29) is 5.91 Å². The van der Waals surface area contributed by atoms with Gasteiger partial charge in [-0.3, -0.25) is 4.79 Å². The standard InChI is InChI=1S/C14H17BrN2O/c1-9-2-3-11(12(15)6-9)14(18)17-5-4-10-7-16-8-13(10)17/h2-3,6,10,13,16H,4-5,7-8H2,1H3/t10-,13+/m0/s1. The van der Waals surface area contributed by atoms with Crippen LogP contribution in [0.15, 0.2) is 22.7 Å². The van der Waals surface area contributed by atoms with Crippen molar-refractivity contribution in [1.29, 1.82) is 0 Å². The van der Waals surface area contributed by atoms with Crippen LogP contribution >= 0.6 is 15.9 Å². The number of nitrogens with zero attached hydrogens (tertiary/aromatic N) is 1. The molecule has 1 amide bonds. The normalized spacial score (nSPS) is 26.4. The number of nitrogens with one attached hydrogen (secondary N) is 1. The van der Waals surface area contributed by atoms with E-state index in [4.69, 9.17) is 0 Å². The van der Waals surface area contributed by atoms with Crippen LogP contribution < -0.4 is 5.32 Å². The summed E-state index contributed by atoms with van der Waals surface area (Å²) >= 11 is 3.50. The summed E-state index contributed by atoms with van der Waals surface area (Å²) in [5, 5.41) is 3.38. The molecule has 1 aromatic carbocycles. The van der Waals surface area contributed by atoms with Gasteiger partial charge in [-0.05, 0) is 52.9 Å². The second kappa shape index (κ2) is 4.67. The van der Waals surface area contributed by atoms with E-state index in [0.717, 1.165) is 36.1 Å². The quantitative estimate of drug-likeness (QED) is 0.862. The van der Waals surface area contributed by atoms with Gasteiger partial charge in [0.25, 0.3) is 5.91 Å². The molecule has 2 aliphatic rings. The molecular weight excluding hydrogens is 292 g/mol. The lowest BCUT2D eigenvalue weighted by molar-refractivity contribution is 0.0736. The molecule has 2 aliphatic heterocycles. The van der Waals surface area contributed by atoms with Gasteiger partial charge in [0.15, 0.2) is 0 Å². The van der Waals surface area contributed by atoms with Crippen molar-refractivity contribution in [3.05, 3.63) is 33.8 Å². The summed E-state index contributed by atoms with van der Waals surface area (Å²) in [4.78, 5) is 14.6. The SMILES string of the molecule is Cc1ccc(C(=O)N2CC[C@H]3CNC[C@H]32)c(Br)c1. The van der Waals surface area contributed by atoms with Crippen LogP contribution in [-0.4, -0.2) is 36.5 Å². The van der Waals surface area contributed by atoms with Crippen molar-refractivity contribution in [2.45, 2.75) is 19.4 Å². The summed E-state index contributed by atoms with van der Waals surface area (Å²) < 4.78 is 0.905. The van der Waals surface area contributed by atoms with Gasteiger partial charge in [0, 0.05) is 30.1 Å². The Balaban J connectivity index is 1.86. The van der Waals surface area contributed by atoms with Gasteiger partial charge in [0.1, 0.15) is 0 Å². The molecule has 2 fully saturated rings. The molecule has 18 heavy (non-hydrogen) atoms. The number of aryl methyl sites for hydroxylation is 1. The minimum atomic E-state index is 0.165. The second-order valence-electron chi connectivity index (χ2n) is 5.26. The summed E-state index contributed by atoms with van der Waals surface area (Å²) in [5.41, 5.74) is 1.95. The van der Waals surface area contributed by atoms with E-state index in [1.165, 1.54) is 5.56 Å². The van der Waals surface area contributed by atoms with E-state index in [0.29, 0.717) is 12.0 Å². The average Bonchev–Trinajstić information content (AvgIpc) is 2.89. The first-order valence-electron chi connectivity index (χ1n) is 6.44. The first-order chi connectivity index (χ1) is 8.66. The number of carbonyl (C=O) groups is 1. The number of hydrogen-bond acceptors (Lipinski definition) is 2. The van der Waals surface area contributed by atoms with Gasteiger partial charge >= 0.3 is 0 Å². The molecule has 3 nitrogen and oxygen atoms in total. The van der Waals surface area contributed by atoms with E-state index in [1.54, 1.807) is 0 Å². The molecule has 4 heteroatoms. The number of rotatable bonds is 1. The zero-order chi connectivity index (χ0) is 12.7. The fraction of sp³-hybridized carbons (Fsp3) is 0.500. The molecule has 0 aromatic heterocycles. The number of hydrogen-bond donors (Lipinski definition) is 1. The molecule has 96 valence electrons. The van der Waals surface area contributed by atoms with Crippen molar-refractivity contribution in [3.8, 4) is 0 Å². The van der Waals surface area contributed by atoms with Gasteiger partial charge in [-0.1, -0.05) is 6.07 Å². The second-order valence-corrected chi connectivity index (χ2v) is 6.11. The van der Waals surface area contributed by atoms with Crippen LogP contribution in [0.1, 0.15) is 22.3 Å². The maximum Gasteiger partial charge on any atom is 0.255 e. The number of benzene rings is 1. The van der Waals surface area contributed by atoms with Crippen LogP contribution in [0.2, 0.25) is 0 Å². The predicted octanol–water partition coefficient (Wildman–Crippen LogP) is 2.19. The molecule has 0 aliphatic carbocycles. The third-order valence-electron chi connectivity index (χ3n) is 4.06. The van der Waals surface area contributed by atoms with Crippen LogP contribution in [0, 0.1) is 12.8 Å². The lowest BCUT2D eigenvalue weighted by atomic mass is 10.0. The summed E-state index contributed by atoms with van der Waals surface area (Å²) in [6.45, 7) is 4.94. The largest absolute Gasteiger partial charge is 0.334 e. The molecule has 2 heterocycles. The average molecular weight is 309 g/mol. The molecule has 1 aromatic rings. The summed E-state index contributed by atoms with van der Waals surface area (Å²) in [5.74, 6) is 0.816. The molecule has 0 radical (unpaired) electrons. The van der Waals surface area contributed by atoms with Crippen LogP contribution in [-0.2, 0) is 0 Å². The summed E-state index contributed by atoms with van der Waals surface area (Å²) in [6, 6.07) is 6.33. The Bertz CT molecular complexity index is 489. The fourth-order valence-corrected chi connectivity index (χ4v) is 3.71. The van der Waals surface area contributed by atoms with Crippen molar-refractivity contribution >= 4 is 21.8 Å². The van der Waals surface area contributed by atoms with Gasteiger partial charge in [-0.25, -0.2) is 0 Å². The van der Waals surface area contributed by atoms with Crippen LogP contribution in [0.25, 0.3) is 0 Å². The summed E-state index contributed by atoms with van der Waals surface area (Å²) in [6.07, 6.45) is 1.13. The Morgan fingerprint density at radius 3 is 3.06 bits per heavy atom. The maximum absolute atomic E-state index is 12.6. The Morgan fingerprint density at radius 2 is 2.28 bits per heavy atom. The Morgan fingerprint density at radius 1 is 1.44 bits per heavy atom. The molecule has 3 rings (SSSR count). The predicted molar refractivity (Wildman–Crippen MR) is 74.7 cm³/mol. The first kappa shape index (κ1) is 12.2. The third-order valence-corrected chi connectivity index (χ3v) is 4.72. The third kappa shape index (κ3) is 1.97. The lowest BCUT2D eigenvalue weighted by Gasteiger charge is -2.24. The zero-order valence-corrected chi connectivity index (χ0v) is 12.0. The highest BCUT2D eigenvalue weighted by molar-refractivity contribution is 9.10. The highest BCUT2D eigenvalue weighted by atomic mass is 79.9. The van der Waals surface area contributed by atoms with Crippen molar-refractivity contribution in [3.63, 3.8) is 0 Å². The van der Waals surface area contributed by atoms with Crippen molar-refractivity contribution in [2.24, 2.45) is 5.92 Å². The van der Waals surface area contributed by atoms with Gasteiger partial charge < -0.3 is 10.2 Å². The van der Waals surface area contributed by atoms with Gasteiger partial charge in [-0.15, -0.1) is 0 Å². The highest BCUT2D eigenvalue weighted by Gasteiger charge is 2.40. The van der Waals surface area contributed by atoms with Gasteiger partial charge in [0.05, 0.1) is 5.56 Å². The zero-order valence-electron chi connectivity index (χ0n) is 10.4. The molecule has 2 atom stereocenters. The van der Waals surface area contributed by atoms with E-state index in [2.05, 4.69) is 21.2 Å². The van der Waals surface area contributed by atoms with Crippen molar-refractivity contribution in [1.82, 2.24) is 10.2 Å². The van der Waals surface area contributed by atoms with E-state index >= 15 is 0 Å². The monoisotopic (exact) mass is 308 g/mol. The lowest BCUT2D eigenvalue weighted by Crippen LogP contribution is -2.39. The minimum absolute atomic E-state index is 0.165. The van der Waals surface area contributed by atoms with Gasteiger partial charge in [0.2, 0.25) is 0 Å². The summed E-state index contributed by atoms with van der Waals surface area (Å²) in [7, 11) is 0. The van der Waals surface area contributed by atoms with E-state index in [1.807, 2.05) is 30.0 Å². The van der Waals surface area contributed by atoms with E-state index < -0.39 is 0 Å². The highest BCUT2D eigenvalue weighted by Crippen LogP contribution is 2.30. The molecule has 0 saturated carbocycles. The topological polar surface area (TPSA) is 32.3 Å². The number of likely N-dealkylation sites (tertiary alicyclic amines) is 1. The Hall–Kier alpha value is -0.870. The van der Waals surface area contributed by atoms with Crippen LogP contribution in [0.4, 0.5) is 0 Å². The number of fused-ring (bicyclic) bond motifs is 1. The molecule has 1 N–H and O–H groups in total. The van der Waals surface area contributed by atoms with Crippen molar-refractivity contribution in [2.75, 3.05) is 19.6 Å². The van der Waals surface area contributed by atoms with Crippen LogP contribution in [0.5, 0.6) is 0 Å². The number of amides is 1. The number of carbonyl (C=O) groups excluding carboxylic acids is 1. The van der Waals surface area contributed by atoms with Crippen molar-refractivity contribution < 1.29 is 4.79 Å². The maximum atomic E-state index is 12.6. The fourth-order valence-electron chi connectivity index (χ4n) is 3.05. The molecule has 2 saturated heterocycles. The molecule has 0 bridgehead atoms. The smallest absolute Gasteiger partial charge is 0.255 e. The van der Waals surface area contributed by atoms with Gasteiger partial charge in [-0.2, -0.15) is 0 Å². The minimum Gasteiger partial charge on any atom is -0.334 e. The Kier molecular flexibility index (Phi) is 3.16. The van der Waals surface area contributed by atoms with E-state index in [9.17, 15) is 4.79 Å².